The molecule has 0 bridgehead atoms. The van der Waals surface area contributed by atoms with Crippen molar-refractivity contribution in [2.24, 2.45) is 0 Å². The summed E-state index contributed by atoms with van der Waals surface area (Å²) in [5, 5.41) is 9.34. The van der Waals surface area contributed by atoms with Crippen LogP contribution in [0.5, 0.6) is 11.5 Å². The van der Waals surface area contributed by atoms with Gasteiger partial charge in [-0.15, -0.1) is 0 Å². The Labute approximate surface area is 330 Å². The third kappa shape index (κ3) is 9.59. The lowest BCUT2D eigenvalue weighted by molar-refractivity contribution is -0.0880. The molecule has 0 spiro atoms. The monoisotopic (exact) mass is 788 g/mol. The number of nitrogens with one attached hydrogen (secondary N) is 1. The van der Waals surface area contributed by atoms with Crippen LogP contribution in [0.25, 0.3) is 0 Å². The van der Waals surface area contributed by atoms with Crippen molar-refractivity contribution in [2.45, 2.75) is 95.8 Å². The van der Waals surface area contributed by atoms with E-state index in [1.807, 2.05) is 85.8 Å². The first-order valence-electron chi connectivity index (χ1n) is 18.7. The lowest BCUT2D eigenvalue weighted by atomic mass is 9.79. The smallest absolute Gasteiger partial charge is 0.330 e. The predicted octanol–water partition coefficient (Wildman–Crippen LogP) is 6.91. The van der Waals surface area contributed by atoms with Gasteiger partial charge < -0.3 is 32.7 Å². The van der Waals surface area contributed by atoms with Gasteiger partial charge in [-0.25, -0.2) is 9.46 Å². The van der Waals surface area contributed by atoms with E-state index in [2.05, 4.69) is 43.4 Å². The van der Waals surface area contributed by atoms with Crippen LogP contribution in [0.3, 0.4) is 0 Å². The van der Waals surface area contributed by atoms with Crippen LogP contribution in [0.15, 0.2) is 101 Å². The molecule has 14 heteroatoms. The molecule has 6 atom stereocenters. The van der Waals surface area contributed by atoms with E-state index < -0.39 is 56.0 Å². The zero-order valence-electron chi connectivity index (χ0n) is 33.3. The Morgan fingerprint density at radius 1 is 0.839 bits per heavy atom. The molecule has 0 aliphatic carbocycles. The summed E-state index contributed by atoms with van der Waals surface area (Å²) in [5.41, 5.74) is 0.352. The third-order valence-corrected chi connectivity index (χ3v) is 11.8. The molecule has 5 rings (SSSR count). The highest BCUT2D eigenvalue weighted by Crippen LogP contribution is 2.51. The summed E-state index contributed by atoms with van der Waals surface area (Å²) in [7, 11) is 3.05. The van der Waals surface area contributed by atoms with Crippen LogP contribution in [0.4, 0.5) is 0 Å². The third-order valence-electron chi connectivity index (χ3n) is 9.67. The van der Waals surface area contributed by atoms with Crippen molar-refractivity contribution >= 4 is 8.53 Å². The summed E-state index contributed by atoms with van der Waals surface area (Å²) in [5.74, 6) is 1.41. The van der Waals surface area contributed by atoms with E-state index in [1.165, 1.54) is 23.9 Å². The second kappa shape index (κ2) is 19.7. The van der Waals surface area contributed by atoms with E-state index in [1.54, 1.807) is 14.2 Å². The Balaban J connectivity index is 1.60. The largest absolute Gasteiger partial charge is 0.497 e. The maximum absolute atomic E-state index is 13.2. The van der Waals surface area contributed by atoms with E-state index in [0.717, 1.165) is 16.7 Å². The maximum Gasteiger partial charge on any atom is 0.330 e. The number of hydrogen-bond acceptors (Lipinski definition) is 11. The van der Waals surface area contributed by atoms with E-state index in [0.29, 0.717) is 17.9 Å². The molecule has 1 saturated heterocycles. The first-order valence-corrected chi connectivity index (χ1v) is 19.9. The van der Waals surface area contributed by atoms with Crippen LogP contribution in [0.1, 0.15) is 70.4 Å². The SMILES string of the molecule is COc1ccc(C(O[C@@H](C)C[C@H]2O[C@@H](n3ccc(=O)[nH]c3=O)[C@H](OC)[C@@H]2OP(OCCC#N)N(C(C)C)C(C)C)(c2ccccc2)c2ccc(OC)cc2)cc1. The van der Waals surface area contributed by atoms with Crippen LogP contribution >= 0.6 is 8.53 Å². The molecule has 56 heavy (non-hydrogen) atoms. The molecule has 1 N–H and O–H groups in total. The molecule has 300 valence electrons. The van der Waals surface area contributed by atoms with Crippen LogP contribution in [-0.2, 0) is 28.9 Å². The highest BCUT2D eigenvalue weighted by atomic mass is 31.2. The number of ether oxygens (including phenoxy) is 5. The molecule has 13 nitrogen and oxygen atoms in total. The summed E-state index contributed by atoms with van der Waals surface area (Å²) < 4.78 is 47.9. The van der Waals surface area contributed by atoms with Gasteiger partial charge in [-0.1, -0.05) is 54.6 Å². The number of nitriles is 1. The van der Waals surface area contributed by atoms with Crippen molar-refractivity contribution in [3.05, 3.63) is 129 Å². The van der Waals surface area contributed by atoms with Crippen LogP contribution in [0, 0.1) is 11.3 Å². The minimum atomic E-state index is -1.74. The minimum absolute atomic E-state index is 0.0327. The average Bonchev–Trinajstić information content (AvgIpc) is 3.52. The lowest BCUT2D eigenvalue weighted by Crippen LogP contribution is -2.42. The molecular formula is C42H53N4O9P. The fraction of sp³-hybridized carbons (Fsp3) is 0.452. The molecule has 1 unspecified atom stereocenters. The predicted molar refractivity (Wildman–Crippen MR) is 214 cm³/mol. The highest BCUT2D eigenvalue weighted by Gasteiger charge is 2.51. The number of aromatic nitrogens is 2. The average molecular weight is 789 g/mol. The van der Waals surface area contributed by atoms with Gasteiger partial charge in [-0.3, -0.25) is 14.3 Å². The fourth-order valence-electron chi connectivity index (χ4n) is 7.23. The number of nitrogens with zero attached hydrogens (tertiary/aromatic N) is 3. The molecule has 4 aromatic rings. The van der Waals surface area contributed by atoms with E-state index in [-0.39, 0.29) is 25.1 Å². The normalized spacial score (nSPS) is 19.6. The van der Waals surface area contributed by atoms with Gasteiger partial charge in [0.15, 0.2) is 6.23 Å². The molecule has 1 fully saturated rings. The molecule has 0 saturated carbocycles. The van der Waals surface area contributed by atoms with Crippen molar-refractivity contribution in [2.75, 3.05) is 27.9 Å². The summed E-state index contributed by atoms with van der Waals surface area (Å²) in [6.07, 6.45) is -1.85. The number of hydrogen-bond donors (Lipinski definition) is 1. The maximum atomic E-state index is 13.2. The van der Waals surface area contributed by atoms with Crippen LogP contribution < -0.4 is 20.7 Å². The van der Waals surface area contributed by atoms with Gasteiger partial charge in [-0.05, 0) is 75.6 Å². The van der Waals surface area contributed by atoms with Gasteiger partial charge in [0, 0.05) is 37.9 Å². The first kappa shape index (κ1) is 42.8. The minimum Gasteiger partial charge on any atom is -0.497 e. The van der Waals surface area contributed by atoms with E-state index in [4.69, 9.17) is 32.7 Å². The van der Waals surface area contributed by atoms with Crippen molar-refractivity contribution in [3.8, 4) is 17.6 Å². The molecule has 2 heterocycles. The van der Waals surface area contributed by atoms with Crippen molar-refractivity contribution in [1.29, 1.82) is 5.26 Å². The van der Waals surface area contributed by atoms with Crippen molar-refractivity contribution < 1.29 is 32.7 Å². The topological polar surface area (TPSA) is 147 Å². The molecule has 1 aromatic heterocycles. The summed E-state index contributed by atoms with van der Waals surface area (Å²) >= 11 is 0. The number of H-pyrrole nitrogens is 1. The van der Waals surface area contributed by atoms with Gasteiger partial charge >= 0.3 is 5.69 Å². The standard InChI is InChI=1S/C42H53N4O9P/c1-28(2)46(29(3)4)56(52-26-12-24-43)55-38-36(53-40(39(38)51-8)45-25-23-37(47)44-41(45)48)27-30(5)54-42(31-13-10-9-11-14-31,32-15-19-34(49-6)20-16-32)33-17-21-35(50-7)22-18-33/h9-11,13-23,25,28-30,36,38-40H,12,26-27H2,1-8H3,(H,44,47,48)/t30-,36+,38+,39+,40+,56?/m0/s1. The number of aromatic amines is 1. The molecule has 3 aromatic carbocycles. The Morgan fingerprint density at radius 2 is 1.41 bits per heavy atom. The Kier molecular flexibility index (Phi) is 15.0. The molecular weight excluding hydrogens is 735 g/mol. The summed E-state index contributed by atoms with van der Waals surface area (Å²) in [6.45, 7) is 10.4. The Hall–Kier alpha value is -4.38. The number of methoxy groups -OCH3 is 3. The van der Waals surface area contributed by atoms with Gasteiger partial charge in [0.1, 0.15) is 29.3 Å². The second-order valence-electron chi connectivity index (χ2n) is 14.1. The Morgan fingerprint density at radius 3 is 1.91 bits per heavy atom. The highest BCUT2D eigenvalue weighted by molar-refractivity contribution is 7.44. The zero-order valence-corrected chi connectivity index (χ0v) is 34.2. The van der Waals surface area contributed by atoms with E-state index in [9.17, 15) is 14.9 Å². The van der Waals surface area contributed by atoms with Crippen LogP contribution in [0.2, 0.25) is 0 Å². The van der Waals surface area contributed by atoms with Crippen molar-refractivity contribution in [1.82, 2.24) is 14.2 Å². The number of benzene rings is 3. The first-order chi connectivity index (χ1) is 27.0. The second-order valence-corrected chi connectivity index (χ2v) is 15.5. The summed E-state index contributed by atoms with van der Waals surface area (Å²) in [4.78, 5) is 27.6. The fourth-order valence-corrected chi connectivity index (χ4v) is 9.00. The number of rotatable bonds is 19. The van der Waals surface area contributed by atoms with Gasteiger partial charge in [-0.2, -0.15) is 5.26 Å². The van der Waals surface area contributed by atoms with Gasteiger partial charge in [0.25, 0.3) is 14.1 Å². The zero-order chi connectivity index (χ0) is 40.4. The van der Waals surface area contributed by atoms with Crippen LogP contribution in [-0.4, -0.2) is 78.7 Å². The lowest BCUT2D eigenvalue weighted by Gasteiger charge is -2.40. The molecule has 0 amide bonds. The van der Waals surface area contributed by atoms with Crippen molar-refractivity contribution in [3.63, 3.8) is 0 Å². The van der Waals surface area contributed by atoms with Gasteiger partial charge in [0.05, 0.1) is 45.5 Å². The summed E-state index contributed by atoms with van der Waals surface area (Å²) in [6, 6.07) is 29.1. The molecule has 1 aliphatic heterocycles. The molecule has 0 radical (unpaired) electrons. The molecule has 1 aliphatic rings. The quantitative estimate of drug-likeness (QED) is 0.0601. The van der Waals surface area contributed by atoms with E-state index >= 15 is 0 Å². The van der Waals surface area contributed by atoms with Gasteiger partial charge in [0.2, 0.25) is 0 Å². The Bertz CT molecular complexity index is 1930.